The summed E-state index contributed by atoms with van der Waals surface area (Å²) in [6.45, 7) is -1.80. The maximum absolute atomic E-state index is 12.0. The molecule has 0 fully saturated rings. The summed E-state index contributed by atoms with van der Waals surface area (Å²) in [4.78, 5) is 12.0. The van der Waals surface area contributed by atoms with Crippen LogP contribution in [0.4, 0.5) is 0 Å². The molecule has 3 rings (SSSR count). The molecule has 0 saturated heterocycles. The molecule has 0 aliphatic rings. The average Bonchev–Trinajstić information content (AvgIpc) is 2.64. The van der Waals surface area contributed by atoms with Gasteiger partial charge in [0.05, 0.1) is 0 Å². The quantitative estimate of drug-likeness (QED) is 0.554. The second kappa shape index (κ2) is 6.53. The van der Waals surface area contributed by atoms with Crippen molar-refractivity contribution in [1.82, 2.24) is 0 Å². The molecule has 0 saturated carbocycles. The first-order valence-corrected chi connectivity index (χ1v) is 11.0. The van der Waals surface area contributed by atoms with Gasteiger partial charge in [-0.2, -0.15) is 0 Å². The van der Waals surface area contributed by atoms with Gasteiger partial charge >= 0.3 is 143 Å². The second-order valence-electron chi connectivity index (χ2n) is 6.53. The van der Waals surface area contributed by atoms with Gasteiger partial charge in [0.25, 0.3) is 0 Å². The average molecular weight is 336 g/mol. The number of hydrogen-bond acceptors (Lipinski definition) is 2. The monoisotopic (exact) mass is 336 g/mol. The molecular weight excluding hydrogens is 314 g/mol. The first-order valence-electron chi connectivity index (χ1n) is 8.07. The Kier molecular flexibility index (Phi) is 4.60. The van der Waals surface area contributed by atoms with Crippen molar-refractivity contribution in [1.29, 1.82) is 0 Å². The summed E-state index contributed by atoms with van der Waals surface area (Å²) >= 11 is 0. The molecule has 4 heteroatoms. The van der Waals surface area contributed by atoms with Crippen molar-refractivity contribution >= 4 is 29.4 Å². The van der Waals surface area contributed by atoms with Crippen LogP contribution in [0.25, 0.3) is 0 Å². The summed E-state index contributed by atoms with van der Waals surface area (Å²) in [5.74, 6) is 0. The van der Waals surface area contributed by atoms with Crippen molar-refractivity contribution in [3.63, 3.8) is 0 Å². The van der Waals surface area contributed by atoms with E-state index in [0.29, 0.717) is 0 Å². The number of hydrogen-bond donors (Lipinski definition) is 2. The Labute approximate surface area is 143 Å². The van der Waals surface area contributed by atoms with Crippen LogP contribution in [0.5, 0.6) is 0 Å². The molecule has 0 bridgehead atoms. The van der Waals surface area contributed by atoms with Crippen molar-refractivity contribution in [3.8, 4) is 0 Å². The van der Waals surface area contributed by atoms with E-state index in [4.69, 9.17) is 0 Å². The fraction of sp³-hybridized carbons (Fsp3) is 0.100. The van der Waals surface area contributed by atoms with Crippen LogP contribution in [0.1, 0.15) is 0 Å². The predicted molar refractivity (Wildman–Crippen MR) is 106 cm³/mol. The minimum absolute atomic E-state index is 0.260. The van der Waals surface area contributed by atoms with Crippen LogP contribution in [-0.4, -0.2) is 29.4 Å². The van der Waals surface area contributed by atoms with Gasteiger partial charge in [-0.25, -0.2) is 0 Å². The van der Waals surface area contributed by atoms with E-state index in [1.54, 1.807) is 0 Å². The molecular formula is C20H22BO2P. The molecule has 0 heterocycles. The van der Waals surface area contributed by atoms with Gasteiger partial charge in [0.15, 0.2) is 0 Å². The summed E-state index contributed by atoms with van der Waals surface area (Å²) in [7, 11) is 0. The third kappa shape index (κ3) is 2.91. The Morgan fingerprint density at radius 2 is 1.08 bits per heavy atom. The fourth-order valence-electron chi connectivity index (χ4n) is 3.40. The molecule has 2 N–H and O–H groups in total. The Balaban J connectivity index is 2.28. The van der Waals surface area contributed by atoms with Crippen molar-refractivity contribution in [2.45, 2.75) is 0 Å². The van der Waals surface area contributed by atoms with Crippen molar-refractivity contribution in [2.75, 3.05) is 13.0 Å². The van der Waals surface area contributed by atoms with E-state index in [1.807, 2.05) is 97.7 Å². The van der Waals surface area contributed by atoms with Crippen LogP contribution in [0.3, 0.4) is 0 Å². The summed E-state index contributed by atoms with van der Waals surface area (Å²) in [5.41, 5.74) is 2.04. The molecule has 0 atom stereocenters. The molecule has 3 aromatic rings. The van der Waals surface area contributed by atoms with Crippen LogP contribution >= 0.6 is 6.71 Å². The molecule has 0 aromatic heterocycles. The normalized spacial score (nSPS) is 13.0. The van der Waals surface area contributed by atoms with E-state index in [9.17, 15) is 10.00 Å². The zero-order valence-corrected chi connectivity index (χ0v) is 14.7. The second-order valence-corrected chi connectivity index (χ2v) is 11.5. The molecule has 24 heavy (non-hydrogen) atoms. The van der Waals surface area contributed by atoms with Gasteiger partial charge in [-0.3, -0.25) is 0 Å². The van der Waals surface area contributed by atoms with Crippen LogP contribution in [0.2, 0.25) is 0 Å². The van der Waals surface area contributed by atoms with E-state index in [0.717, 1.165) is 16.2 Å². The molecule has 2 nitrogen and oxygen atoms in total. The van der Waals surface area contributed by atoms with Gasteiger partial charge in [-0.05, 0) is 0 Å². The van der Waals surface area contributed by atoms with E-state index in [2.05, 4.69) is 0 Å². The minimum atomic E-state index is -3.65. The summed E-state index contributed by atoms with van der Waals surface area (Å²) < 4.78 is 0. The first kappa shape index (κ1) is 16.9. The van der Waals surface area contributed by atoms with Crippen LogP contribution < -0.4 is 16.2 Å². The number of aliphatic hydroxyl groups is 1. The first-order chi connectivity index (χ1) is 11.6. The maximum atomic E-state index is 12.0. The summed E-state index contributed by atoms with van der Waals surface area (Å²) in [6.07, 6.45) is -0.532. The third-order valence-electron chi connectivity index (χ3n) is 4.73. The molecule has 0 unspecified atom stereocenters. The van der Waals surface area contributed by atoms with Crippen LogP contribution in [0.15, 0.2) is 91.0 Å². The van der Waals surface area contributed by atoms with Gasteiger partial charge in [0.1, 0.15) is 0 Å². The topological polar surface area (TPSA) is 40.5 Å². The van der Waals surface area contributed by atoms with Crippen LogP contribution in [0, 0.1) is 0 Å². The van der Waals surface area contributed by atoms with Crippen molar-refractivity contribution in [3.05, 3.63) is 91.0 Å². The number of aliphatic hydroxyl groups excluding tert-OH is 1. The number of rotatable bonds is 5. The Morgan fingerprint density at radius 1 is 0.708 bits per heavy atom. The standard InChI is InChI=1S/C20H22BO2P/c1-24(23,17-22,20-15-9-4-10-16-20)21(18-11-5-2-6-12-18)19-13-7-3-8-14-19/h2-16,22-23H,17H2,1H3. The van der Waals surface area contributed by atoms with Gasteiger partial charge in [0, 0.05) is 0 Å². The molecule has 3 aromatic carbocycles. The zero-order chi connectivity index (χ0) is 17.1. The molecule has 0 amide bonds. The van der Waals surface area contributed by atoms with E-state index < -0.39 is 6.71 Å². The fourth-order valence-corrected chi connectivity index (χ4v) is 6.94. The van der Waals surface area contributed by atoms with E-state index in [-0.39, 0.29) is 12.8 Å². The molecule has 0 aliphatic carbocycles. The van der Waals surface area contributed by atoms with E-state index >= 15 is 0 Å². The van der Waals surface area contributed by atoms with Crippen molar-refractivity contribution < 1.29 is 10.00 Å². The van der Waals surface area contributed by atoms with Crippen LogP contribution in [-0.2, 0) is 0 Å². The van der Waals surface area contributed by atoms with Gasteiger partial charge < -0.3 is 0 Å². The van der Waals surface area contributed by atoms with Gasteiger partial charge in [-0.1, -0.05) is 0 Å². The van der Waals surface area contributed by atoms with Gasteiger partial charge in [-0.15, -0.1) is 0 Å². The molecule has 0 aliphatic heterocycles. The Bertz CT molecular complexity index is 752. The zero-order valence-electron chi connectivity index (χ0n) is 13.8. The predicted octanol–water partition coefficient (Wildman–Crippen LogP) is 2.16. The Hall–Kier alpha value is -1.93. The number of benzene rings is 3. The summed E-state index contributed by atoms with van der Waals surface area (Å²) in [6, 6.07) is 29.5. The Morgan fingerprint density at radius 3 is 1.46 bits per heavy atom. The van der Waals surface area contributed by atoms with Gasteiger partial charge in [0.2, 0.25) is 0 Å². The third-order valence-corrected chi connectivity index (χ3v) is 9.12. The molecule has 0 spiro atoms. The SMILES string of the molecule is CP(O)(CO)(B(c1ccccc1)c1ccccc1)c1ccccc1. The summed E-state index contributed by atoms with van der Waals surface area (Å²) in [5, 5.41) is 11.2. The molecule has 122 valence electrons. The van der Waals surface area contributed by atoms with E-state index in [1.165, 1.54) is 0 Å². The van der Waals surface area contributed by atoms with Crippen molar-refractivity contribution in [2.24, 2.45) is 0 Å². The molecule has 0 radical (unpaired) electrons.